The first-order valence-corrected chi connectivity index (χ1v) is 7.66. The Balaban J connectivity index is 2.32. The molecule has 1 N–H and O–H groups in total. The molecule has 1 heterocycles. The van der Waals surface area contributed by atoms with Crippen LogP contribution in [0.1, 0.15) is 49.4 Å². The Labute approximate surface area is 131 Å². The van der Waals surface area contributed by atoms with E-state index in [0.29, 0.717) is 12.5 Å². The van der Waals surface area contributed by atoms with Crippen LogP contribution >= 0.6 is 0 Å². The summed E-state index contributed by atoms with van der Waals surface area (Å²) in [5.74, 6) is -0.586. The van der Waals surface area contributed by atoms with Gasteiger partial charge in [0.25, 0.3) is 0 Å². The summed E-state index contributed by atoms with van der Waals surface area (Å²) in [5, 5.41) is 13.5. The van der Waals surface area contributed by atoms with Crippen LogP contribution in [0, 0.1) is 0 Å². The topological polar surface area (TPSA) is 55.1 Å². The molecule has 2 rings (SSSR count). The largest absolute Gasteiger partial charge is 0.478 e. The Morgan fingerprint density at radius 2 is 1.95 bits per heavy atom. The first-order chi connectivity index (χ1) is 10.6. The van der Waals surface area contributed by atoms with Crippen LogP contribution in [0.4, 0.5) is 0 Å². The van der Waals surface area contributed by atoms with Gasteiger partial charge in [0.2, 0.25) is 0 Å². The van der Waals surface area contributed by atoms with Crippen molar-refractivity contribution in [3.63, 3.8) is 0 Å². The maximum atomic E-state index is 10.8. The maximum absolute atomic E-state index is 10.8. The van der Waals surface area contributed by atoms with Crippen molar-refractivity contribution < 1.29 is 9.90 Å². The fourth-order valence-corrected chi connectivity index (χ4v) is 2.59. The van der Waals surface area contributed by atoms with Gasteiger partial charge >= 0.3 is 5.97 Å². The predicted octanol–water partition coefficient (Wildman–Crippen LogP) is 3.93. The molecule has 1 aromatic carbocycles. The number of aromatic nitrogens is 2. The molecule has 0 fully saturated rings. The summed E-state index contributed by atoms with van der Waals surface area (Å²) in [5.41, 5.74) is 3.06. The molecule has 0 aliphatic carbocycles. The Bertz CT molecular complexity index is 640. The minimum absolute atomic E-state index is 0.352. The molecule has 0 amide bonds. The van der Waals surface area contributed by atoms with Crippen molar-refractivity contribution in [2.45, 2.75) is 39.2 Å². The summed E-state index contributed by atoms with van der Waals surface area (Å²) in [6, 6.07) is 10.1. The highest BCUT2D eigenvalue weighted by Gasteiger charge is 2.15. The van der Waals surface area contributed by atoms with Gasteiger partial charge in [0.05, 0.1) is 12.2 Å². The Hall–Kier alpha value is -2.36. The van der Waals surface area contributed by atoms with Gasteiger partial charge in [-0.3, -0.25) is 4.68 Å². The summed E-state index contributed by atoms with van der Waals surface area (Å²) < 4.78 is 1.89. The third-order valence-electron chi connectivity index (χ3n) is 3.79. The van der Waals surface area contributed by atoms with Gasteiger partial charge in [-0.15, -0.1) is 0 Å². The Kier molecular flexibility index (Phi) is 5.53. The zero-order valence-electron chi connectivity index (χ0n) is 13.1. The number of rotatable bonds is 7. The number of nitrogens with zero attached hydrogens (tertiary/aromatic N) is 2. The van der Waals surface area contributed by atoms with E-state index < -0.39 is 5.97 Å². The summed E-state index contributed by atoms with van der Waals surface area (Å²) in [7, 11) is 0. The molecule has 0 atom stereocenters. The fraction of sp³-hybridized carbons (Fsp3) is 0.333. The second-order valence-electron chi connectivity index (χ2n) is 5.34. The molecular weight excluding hydrogens is 276 g/mol. The second-order valence-corrected chi connectivity index (χ2v) is 5.34. The van der Waals surface area contributed by atoms with E-state index in [4.69, 9.17) is 10.2 Å². The van der Waals surface area contributed by atoms with Crippen LogP contribution in [0.25, 0.3) is 6.08 Å². The molecule has 1 aromatic heterocycles. The van der Waals surface area contributed by atoms with Crippen molar-refractivity contribution in [3.05, 3.63) is 59.4 Å². The van der Waals surface area contributed by atoms with Gasteiger partial charge in [-0.2, -0.15) is 5.10 Å². The standard InChI is InChI=1S/C18H22N2O2/c1-3-15(4-2)18-16(10-11-17(21)22)13-20(19-18)12-14-8-6-5-7-9-14/h5-11,13,15H,3-4,12H2,1-2H3,(H,21,22). The van der Waals surface area contributed by atoms with E-state index in [-0.39, 0.29) is 0 Å². The van der Waals surface area contributed by atoms with Crippen LogP contribution in [0.15, 0.2) is 42.6 Å². The molecule has 0 saturated carbocycles. The second kappa shape index (κ2) is 7.59. The van der Waals surface area contributed by atoms with E-state index in [9.17, 15) is 4.79 Å². The highest BCUT2D eigenvalue weighted by molar-refractivity contribution is 5.85. The van der Waals surface area contributed by atoms with Crippen LogP contribution in [0.3, 0.4) is 0 Å². The molecular formula is C18H22N2O2. The SMILES string of the molecule is CCC(CC)c1nn(Cc2ccccc2)cc1C=CC(=O)O. The minimum atomic E-state index is -0.939. The van der Waals surface area contributed by atoms with Gasteiger partial charge in [0.1, 0.15) is 0 Å². The molecule has 116 valence electrons. The smallest absolute Gasteiger partial charge is 0.328 e. The van der Waals surface area contributed by atoms with E-state index in [1.807, 2.05) is 29.1 Å². The van der Waals surface area contributed by atoms with Crippen LogP contribution < -0.4 is 0 Å². The van der Waals surface area contributed by atoms with Gasteiger partial charge in [0.15, 0.2) is 0 Å². The van der Waals surface area contributed by atoms with Crippen molar-refractivity contribution >= 4 is 12.0 Å². The van der Waals surface area contributed by atoms with Gasteiger partial charge in [-0.1, -0.05) is 44.2 Å². The average molecular weight is 298 g/mol. The van der Waals surface area contributed by atoms with Gasteiger partial charge in [-0.05, 0) is 24.5 Å². The van der Waals surface area contributed by atoms with E-state index in [1.54, 1.807) is 6.08 Å². The molecule has 4 nitrogen and oxygen atoms in total. The molecule has 0 aliphatic rings. The lowest BCUT2D eigenvalue weighted by molar-refractivity contribution is -0.131. The van der Waals surface area contributed by atoms with E-state index in [1.165, 1.54) is 11.6 Å². The van der Waals surface area contributed by atoms with Crippen LogP contribution in [-0.2, 0) is 11.3 Å². The van der Waals surface area contributed by atoms with Gasteiger partial charge < -0.3 is 5.11 Å². The summed E-state index contributed by atoms with van der Waals surface area (Å²) in [6.07, 6.45) is 6.74. The molecule has 0 aliphatic heterocycles. The summed E-state index contributed by atoms with van der Waals surface area (Å²) in [4.78, 5) is 10.8. The average Bonchev–Trinajstić information content (AvgIpc) is 2.90. The van der Waals surface area contributed by atoms with Crippen molar-refractivity contribution in [2.75, 3.05) is 0 Å². The van der Waals surface area contributed by atoms with Crippen LogP contribution in [0.5, 0.6) is 0 Å². The number of hydrogen-bond donors (Lipinski definition) is 1. The van der Waals surface area contributed by atoms with E-state index >= 15 is 0 Å². The molecule has 0 unspecified atom stereocenters. The lowest BCUT2D eigenvalue weighted by Gasteiger charge is -2.10. The van der Waals surface area contributed by atoms with E-state index in [2.05, 4.69) is 26.0 Å². The lowest BCUT2D eigenvalue weighted by Crippen LogP contribution is -2.03. The third kappa shape index (κ3) is 4.07. The molecule has 4 heteroatoms. The monoisotopic (exact) mass is 298 g/mol. The number of carboxylic acid groups (broad SMARTS) is 1. The molecule has 0 saturated heterocycles. The summed E-state index contributed by atoms with van der Waals surface area (Å²) in [6.45, 7) is 4.96. The minimum Gasteiger partial charge on any atom is -0.478 e. The van der Waals surface area contributed by atoms with Crippen LogP contribution in [-0.4, -0.2) is 20.9 Å². The first-order valence-electron chi connectivity index (χ1n) is 7.66. The third-order valence-corrected chi connectivity index (χ3v) is 3.79. The van der Waals surface area contributed by atoms with E-state index in [0.717, 1.165) is 24.1 Å². The van der Waals surface area contributed by atoms with Crippen molar-refractivity contribution in [3.8, 4) is 0 Å². The van der Waals surface area contributed by atoms with Crippen LogP contribution in [0.2, 0.25) is 0 Å². The summed E-state index contributed by atoms with van der Waals surface area (Å²) >= 11 is 0. The van der Waals surface area contributed by atoms with Crippen molar-refractivity contribution in [1.82, 2.24) is 9.78 Å². The zero-order chi connectivity index (χ0) is 15.9. The fourth-order valence-electron chi connectivity index (χ4n) is 2.59. The highest BCUT2D eigenvalue weighted by Crippen LogP contribution is 2.26. The maximum Gasteiger partial charge on any atom is 0.328 e. The molecule has 0 radical (unpaired) electrons. The molecule has 0 bridgehead atoms. The first kappa shape index (κ1) is 16.0. The number of benzene rings is 1. The normalized spacial score (nSPS) is 11.4. The molecule has 22 heavy (non-hydrogen) atoms. The Morgan fingerprint density at radius 3 is 2.55 bits per heavy atom. The number of hydrogen-bond acceptors (Lipinski definition) is 2. The van der Waals surface area contributed by atoms with Gasteiger partial charge in [0, 0.05) is 23.8 Å². The quantitative estimate of drug-likeness (QED) is 0.788. The molecule has 2 aromatic rings. The Morgan fingerprint density at radius 1 is 1.27 bits per heavy atom. The highest BCUT2D eigenvalue weighted by atomic mass is 16.4. The zero-order valence-corrected chi connectivity index (χ0v) is 13.1. The molecule has 0 spiro atoms. The number of aliphatic carboxylic acids is 1. The lowest BCUT2D eigenvalue weighted by atomic mass is 9.96. The number of carboxylic acids is 1. The van der Waals surface area contributed by atoms with Crippen molar-refractivity contribution in [2.24, 2.45) is 0 Å². The number of carbonyl (C=O) groups is 1. The van der Waals surface area contributed by atoms with Crippen molar-refractivity contribution in [1.29, 1.82) is 0 Å². The van der Waals surface area contributed by atoms with Gasteiger partial charge in [-0.25, -0.2) is 4.79 Å². The predicted molar refractivity (Wildman–Crippen MR) is 87.8 cm³/mol.